The van der Waals surface area contributed by atoms with Crippen molar-refractivity contribution in [3.63, 3.8) is 0 Å². The SMILES string of the molecule is CNc1cc(F)cc2c1[nH]c1nc(Oc3cnc(S(C)(=O)=O)nc3)nc(N3CC4[C@H](N)C[C@]4(C)C3)c12. The Bertz CT molecular complexity index is 1620. The maximum Gasteiger partial charge on any atom is 0.326 e. The number of aromatic amines is 1. The lowest BCUT2D eigenvalue weighted by molar-refractivity contribution is 0.0771. The number of ether oxygens (including phenoxy) is 1. The van der Waals surface area contributed by atoms with Gasteiger partial charge in [0.2, 0.25) is 15.0 Å². The second kappa shape index (κ2) is 7.71. The van der Waals surface area contributed by atoms with Gasteiger partial charge in [0.25, 0.3) is 0 Å². The predicted octanol–water partition coefficient (Wildman–Crippen LogP) is 2.45. The van der Waals surface area contributed by atoms with E-state index in [2.05, 4.69) is 37.1 Å². The molecule has 1 aromatic carbocycles. The number of H-pyrrole nitrogens is 1. The first-order chi connectivity index (χ1) is 17.1. The molecule has 188 valence electrons. The second-order valence-corrected chi connectivity index (χ2v) is 11.8. The van der Waals surface area contributed by atoms with Gasteiger partial charge in [0.15, 0.2) is 5.75 Å². The lowest BCUT2D eigenvalue weighted by Gasteiger charge is -2.46. The van der Waals surface area contributed by atoms with Gasteiger partial charge in [-0.25, -0.2) is 22.8 Å². The van der Waals surface area contributed by atoms with Crippen molar-refractivity contribution in [2.24, 2.45) is 17.1 Å². The number of nitrogens with one attached hydrogen (secondary N) is 2. The molecule has 13 heteroatoms. The normalized spacial score (nSPS) is 23.6. The Hall–Kier alpha value is -3.58. The minimum atomic E-state index is -3.55. The van der Waals surface area contributed by atoms with Crippen LogP contribution in [0.1, 0.15) is 13.3 Å². The Morgan fingerprint density at radius 3 is 2.67 bits per heavy atom. The van der Waals surface area contributed by atoms with Crippen molar-refractivity contribution in [2.75, 3.05) is 36.6 Å². The van der Waals surface area contributed by atoms with Crippen molar-refractivity contribution in [1.29, 1.82) is 0 Å². The third kappa shape index (κ3) is 3.53. The fourth-order valence-corrected chi connectivity index (χ4v) is 6.06. The van der Waals surface area contributed by atoms with E-state index in [0.717, 1.165) is 25.8 Å². The summed E-state index contributed by atoms with van der Waals surface area (Å²) in [5.41, 5.74) is 8.16. The first-order valence-electron chi connectivity index (χ1n) is 11.5. The first kappa shape index (κ1) is 22.9. The van der Waals surface area contributed by atoms with E-state index in [9.17, 15) is 12.8 Å². The van der Waals surface area contributed by atoms with E-state index in [4.69, 9.17) is 15.5 Å². The summed E-state index contributed by atoms with van der Waals surface area (Å²) in [6.45, 7) is 3.70. The zero-order valence-corrected chi connectivity index (χ0v) is 20.7. The molecular formula is C23H25FN8O3S. The van der Waals surface area contributed by atoms with Crippen LogP contribution < -0.4 is 20.7 Å². The van der Waals surface area contributed by atoms with Gasteiger partial charge in [0.1, 0.15) is 17.3 Å². The lowest BCUT2D eigenvalue weighted by Crippen LogP contribution is -2.53. The highest BCUT2D eigenvalue weighted by molar-refractivity contribution is 7.90. The van der Waals surface area contributed by atoms with E-state index in [1.165, 1.54) is 24.5 Å². The van der Waals surface area contributed by atoms with Crippen molar-refractivity contribution in [2.45, 2.75) is 24.5 Å². The van der Waals surface area contributed by atoms with Crippen molar-refractivity contribution in [3.05, 3.63) is 30.3 Å². The molecular weight excluding hydrogens is 487 g/mol. The molecule has 1 saturated carbocycles. The van der Waals surface area contributed by atoms with Crippen LogP contribution in [0.4, 0.5) is 15.9 Å². The van der Waals surface area contributed by atoms with Crippen molar-refractivity contribution >= 4 is 43.3 Å². The fourth-order valence-electron chi connectivity index (χ4n) is 5.58. The van der Waals surface area contributed by atoms with Crippen LogP contribution in [0.5, 0.6) is 11.8 Å². The van der Waals surface area contributed by atoms with Crippen molar-refractivity contribution in [1.82, 2.24) is 24.9 Å². The maximum absolute atomic E-state index is 14.5. The minimum Gasteiger partial charge on any atom is -0.421 e. The first-order valence-corrected chi connectivity index (χ1v) is 13.4. The van der Waals surface area contributed by atoms with Crippen LogP contribution in [-0.4, -0.2) is 65.8 Å². The number of hydrogen-bond donors (Lipinski definition) is 3. The number of benzene rings is 1. The van der Waals surface area contributed by atoms with Gasteiger partial charge < -0.3 is 25.7 Å². The van der Waals surface area contributed by atoms with Crippen molar-refractivity contribution in [3.8, 4) is 11.8 Å². The van der Waals surface area contributed by atoms with Gasteiger partial charge >= 0.3 is 6.01 Å². The largest absolute Gasteiger partial charge is 0.421 e. The third-order valence-corrected chi connectivity index (χ3v) is 8.16. The van der Waals surface area contributed by atoms with E-state index in [1.807, 2.05) is 0 Å². The molecule has 1 aliphatic carbocycles. The average molecular weight is 513 g/mol. The number of rotatable bonds is 5. The van der Waals surface area contributed by atoms with Crippen LogP contribution in [0, 0.1) is 17.2 Å². The second-order valence-electron chi connectivity index (χ2n) is 9.89. The Kier molecular flexibility index (Phi) is 4.89. The van der Waals surface area contributed by atoms with E-state index in [1.54, 1.807) is 7.05 Å². The van der Waals surface area contributed by atoms with Crippen molar-refractivity contribution < 1.29 is 17.5 Å². The van der Waals surface area contributed by atoms with E-state index < -0.39 is 9.84 Å². The van der Waals surface area contributed by atoms with Crippen LogP contribution in [0.2, 0.25) is 0 Å². The number of hydrogen-bond acceptors (Lipinski definition) is 10. The number of nitrogens with zero attached hydrogens (tertiary/aromatic N) is 5. The monoisotopic (exact) mass is 512 g/mol. The highest BCUT2D eigenvalue weighted by Crippen LogP contribution is 2.52. The Morgan fingerprint density at radius 1 is 1.28 bits per heavy atom. The third-order valence-electron chi connectivity index (χ3n) is 7.28. The molecule has 2 aliphatic rings. The molecule has 0 amide bonds. The number of fused-ring (bicyclic) bond motifs is 4. The Labute approximate surface area is 206 Å². The summed E-state index contributed by atoms with van der Waals surface area (Å²) in [7, 11) is -1.82. The molecule has 1 saturated heterocycles. The molecule has 36 heavy (non-hydrogen) atoms. The molecule has 0 spiro atoms. The predicted molar refractivity (Wildman–Crippen MR) is 133 cm³/mol. The summed E-state index contributed by atoms with van der Waals surface area (Å²) < 4.78 is 43.7. The molecule has 11 nitrogen and oxygen atoms in total. The number of aromatic nitrogens is 5. The maximum atomic E-state index is 14.5. The average Bonchev–Trinajstić information content (AvgIpc) is 3.31. The Morgan fingerprint density at radius 2 is 2.03 bits per heavy atom. The van der Waals surface area contributed by atoms with Crippen LogP contribution in [0.3, 0.4) is 0 Å². The quantitative estimate of drug-likeness (QED) is 0.340. The summed E-state index contributed by atoms with van der Waals surface area (Å²) in [5, 5.41) is 4.07. The van der Waals surface area contributed by atoms with Crippen LogP contribution in [0.25, 0.3) is 21.9 Å². The van der Waals surface area contributed by atoms with Crippen LogP contribution >= 0.6 is 0 Å². The number of sulfone groups is 1. The summed E-state index contributed by atoms with van der Waals surface area (Å²) in [6, 6.07) is 3.05. The highest BCUT2D eigenvalue weighted by Gasteiger charge is 2.55. The molecule has 2 fully saturated rings. The lowest BCUT2D eigenvalue weighted by atomic mass is 9.60. The van der Waals surface area contributed by atoms with Gasteiger partial charge in [-0.3, -0.25) is 0 Å². The molecule has 1 aliphatic heterocycles. The van der Waals surface area contributed by atoms with Gasteiger partial charge in [-0.1, -0.05) is 6.92 Å². The van der Waals surface area contributed by atoms with Gasteiger partial charge in [-0.15, -0.1) is 0 Å². The smallest absolute Gasteiger partial charge is 0.326 e. The summed E-state index contributed by atoms with van der Waals surface area (Å²) in [4.78, 5) is 22.4. The van der Waals surface area contributed by atoms with E-state index in [-0.39, 0.29) is 34.2 Å². The molecule has 3 atom stereocenters. The van der Waals surface area contributed by atoms with Gasteiger partial charge in [0.05, 0.1) is 29.0 Å². The van der Waals surface area contributed by atoms with Gasteiger partial charge in [-0.05, 0) is 29.9 Å². The number of nitrogens with two attached hydrogens (primary N) is 1. The molecule has 3 aromatic heterocycles. The molecule has 4 aromatic rings. The van der Waals surface area contributed by atoms with Gasteiger partial charge in [0, 0.05) is 37.8 Å². The topological polar surface area (TPSA) is 152 Å². The minimum absolute atomic E-state index is 0.0277. The molecule has 0 radical (unpaired) electrons. The zero-order chi connectivity index (χ0) is 25.4. The molecule has 1 unspecified atom stereocenters. The molecule has 6 rings (SSSR count). The molecule has 0 bridgehead atoms. The zero-order valence-electron chi connectivity index (χ0n) is 19.9. The Balaban J connectivity index is 1.49. The summed E-state index contributed by atoms with van der Waals surface area (Å²) in [5.74, 6) is 0.753. The highest BCUT2D eigenvalue weighted by atomic mass is 32.2. The summed E-state index contributed by atoms with van der Waals surface area (Å²) in [6.07, 6.45) is 4.47. The van der Waals surface area contributed by atoms with E-state index in [0.29, 0.717) is 39.4 Å². The van der Waals surface area contributed by atoms with E-state index >= 15 is 0 Å². The number of halogens is 1. The standard InChI is InChI=1S/C23H25FN8O3S/c1-23-6-15(25)14(23)9-32(10-23)20-17-13-4-11(24)5-16(26-2)18(13)29-19(17)30-21(31-20)35-12-7-27-22(28-8-12)36(3,33)34/h4-5,7-8,14-15,26H,6,9-10,25H2,1-3H3,(H,29,30,31)/t14?,15-,23-/m1/s1. The molecule has 4 N–H and O–H groups in total. The van der Waals surface area contributed by atoms with Gasteiger partial charge in [-0.2, -0.15) is 9.97 Å². The number of anilines is 2. The van der Waals surface area contributed by atoms with Crippen LogP contribution in [0.15, 0.2) is 29.7 Å². The molecule has 4 heterocycles. The van der Waals surface area contributed by atoms with Crippen LogP contribution in [-0.2, 0) is 9.84 Å². The fraction of sp³-hybridized carbons (Fsp3) is 0.391. The summed E-state index contributed by atoms with van der Waals surface area (Å²) >= 11 is 0.